The zero-order valence-electron chi connectivity index (χ0n) is 22.6. The summed E-state index contributed by atoms with van der Waals surface area (Å²) in [5, 5.41) is 24.2. The molecule has 5 heteroatoms. The lowest BCUT2D eigenvalue weighted by Crippen LogP contribution is -2.40. The van der Waals surface area contributed by atoms with Crippen LogP contribution in [0.25, 0.3) is 11.1 Å². The van der Waals surface area contributed by atoms with Crippen LogP contribution in [0.3, 0.4) is 0 Å². The van der Waals surface area contributed by atoms with E-state index < -0.39 is 5.54 Å². The van der Waals surface area contributed by atoms with Crippen LogP contribution < -0.4 is 0 Å². The average Bonchev–Trinajstić information content (AvgIpc) is 3.52. The zero-order valence-corrected chi connectivity index (χ0v) is 22.6. The first-order valence-electron chi connectivity index (χ1n) is 13.5. The number of benzene rings is 5. The molecule has 0 aliphatic carbocycles. The lowest BCUT2D eigenvalue weighted by Gasteiger charge is -2.36. The van der Waals surface area contributed by atoms with E-state index in [9.17, 15) is 5.26 Å². The molecule has 6 rings (SSSR count). The van der Waals surface area contributed by atoms with Crippen LogP contribution in [0.2, 0.25) is 0 Å². The number of allylic oxidation sites excluding steroid dienone is 1. The molecule has 0 spiro atoms. The van der Waals surface area contributed by atoms with Gasteiger partial charge in [0.15, 0.2) is 5.82 Å². The Morgan fingerprint density at radius 2 is 1.05 bits per heavy atom. The summed E-state index contributed by atoms with van der Waals surface area (Å²) in [5.74, 6) is 0.378. The molecule has 0 atom stereocenters. The average molecular weight is 530 g/mol. The van der Waals surface area contributed by atoms with Crippen molar-refractivity contribution in [3.05, 3.63) is 185 Å². The second kappa shape index (κ2) is 11.3. The van der Waals surface area contributed by atoms with E-state index in [2.05, 4.69) is 77.0 Å². The van der Waals surface area contributed by atoms with Crippen molar-refractivity contribution in [2.75, 3.05) is 0 Å². The zero-order chi connectivity index (χ0) is 28.1. The number of aromatic nitrogens is 4. The highest BCUT2D eigenvalue weighted by molar-refractivity contribution is 6.02. The van der Waals surface area contributed by atoms with Gasteiger partial charge in [-0.1, -0.05) is 151 Å². The van der Waals surface area contributed by atoms with Gasteiger partial charge in [0.2, 0.25) is 0 Å². The molecule has 0 N–H and O–H groups in total. The molecule has 0 unspecified atom stereocenters. The van der Waals surface area contributed by atoms with Gasteiger partial charge in [0.05, 0.1) is 0 Å². The Balaban J connectivity index is 1.74. The molecule has 1 aromatic heterocycles. The largest absolute Gasteiger partial charge is 0.205 e. The van der Waals surface area contributed by atoms with E-state index in [0.717, 1.165) is 39.0 Å². The molecular weight excluding hydrogens is 502 g/mol. The highest BCUT2D eigenvalue weighted by atomic mass is 15.6. The molecule has 0 radical (unpaired) electrons. The molecule has 41 heavy (non-hydrogen) atoms. The quantitative estimate of drug-likeness (QED) is 0.161. The number of nitrogens with zero attached hydrogens (tertiary/aromatic N) is 5. The minimum atomic E-state index is -0.959. The predicted octanol–water partition coefficient (Wildman–Crippen LogP) is 7.30. The molecule has 0 aliphatic rings. The fourth-order valence-electron chi connectivity index (χ4n) is 5.47. The molecule has 5 nitrogen and oxygen atoms in total. The lowest BCUT2D eigenvalue weighted by atomic mass is 9.76. The van der Waals surface area contributed by atoms with Gasteiger partial charge in [0.1, 0.15) is 17.2 Å². The Kier molecular flexibility index (Phi) is 7.04. The molecule has 0 fully saturated rings. The third-order valence-corrected chi connectivity index (χ3v) is 7.35. The van der Waals surface area contributed by atoms with Gasteiger partial charge in [-0.15, -0.1) is 5.10 Å². The summed E-state index contributed by atoms with van der Waals surface area (Å²) in [6.45, 7) is 2.05. The van der Waals surface area contributed by atoms with Crippen LogP contribution in [0.4, 0.5) is 0 Å². The van der Waals surface area contributed by atoms with Gasteiger partial charge in [-0.2, -0.15) is 5.26 Å². The highest BCUT2D eigenvalue weighted by Gasteiger charge is 2.42. The maximum absolute atomic E-state index is 10.8. The summed E-state index contributed by atoms with van der Waals surface area (Å²) < 4.78 is 1.81. The lowest BCUT2D eigenvalue weighted by molar-refractivity contribution is 0.443. The molecule has 196 valence electrons. The first-order chi connectivity index (χ1) is 20.2. The number of hydrogen-bond acceptors (Lipinski definition) is 4. The number of nitriles is 1. The van der Waals surface area contributed by atoms with E-state index in [1.165, 1.54) is 0 Å². The Morgan fingerprint density at radius 3 is 1.51 bits per heavy atom. The van der Waals surface area contributed by atoms with Crippen molar-refractivity contribution >= 4 is 11.1 Å². The second-order valence-electron chi connectivity index (χ2n) is 9.82. The van der Waals surface area contributed by atoms with Crippen LogP contribution in [0.5, 0.6) is 0 Å². The van der Waals surface area contributed by atoms with E-state index >= 15 is 0 Å². The molecule has 6 aromatic rings. The Hall–Kier alpha value is -5.60. The van der Waals surface area contributed by atoms with Crippen molar-refractivity contribution in [3.63, 3.8) is 0 Å². The van der Waals surface area contributed by atoms with Crippen molar-refractivity contribution < 1.29 is 0 Å². The standard InChI is InChI=1S/C36H27N5/c1-27-22-24-29(25-23-27)34(28-14-6-2-7-15-28)33(26-37)35-38-39-40-41(35)36(30-16-8-3-9-17-30,31-18-10-4-11-19-31)32-20-12-5-13-21-32/h2-25H,1H3. The molecule has 5 aromatic carbocycles. The molecule has 0 aliphatic heterocycles. The summed E-state index contributed by atoms with van der Waals surface area (Å²) in [6.07, 6.45) is 0. The summed E-state index contributed by atoms with van der Waals surface area (Å²) in [4.78, 5) is 0. The smallest absolute Gasteiger partial charge is 0.194 e. The van der Waals surface area contributed by atoms with Crippen LogP contribution in [0, 0.1) is 18.3 Å². The van der Waals surface area contributed by atoms with Crippen molar-refractivity contribution in [1.29, 1.82) is 5.26 Å². The number of hydrogen-bond donors (Lipinski definition) is 0. The normalized spacial score (nSPS) is 11.9. The van der Waals surface area contributed by atoms with E-state index in [1.54, 1.807) is 0 Å². The van der Waals surface area contributed by atoms with Gasteiger partial charge in [0.25, 0.3) is 0 Å². The van der Waals surface area contributed by atoms with Gasteiger partial charge in [0, 0.05) is 5.57 Å². The fraction of sp³-hybridized carbons (Fsp3) is 0.0556. The summed E-state index contributed by atoms with van der Waals surface area (Å²) in [6, 6.07) is 51.2. The topological polar surface area (TPSA) is 67.4 Å². The van der Waals surface area contributed by atoms with Crippen LogP contribution in [0.1, 0.15) is 39.2 Å². The van der Waals surface area contributed by atoms with Gasteiger partial charge in [-0.05, 0) is 45.2 Å². The molecule has 0 saturated heterocycles. The number of rotatable bonds is 7. The maximum Gasteiger partial charge on any atom is 0.194 e. The minimum Gasteiger partial charge on any atom is -0.205 e. The molecular formula is C36H27N5. The van der Waals surface area contributed by atoms with E-state index in [0.29, 0.717) is 11.4 Å². The van der Waals surface area contributed by atoms with Crippen molar-refractivity contribution in [2.45, 2.75) is 12.5 Å². The summed E-state index contributed by atoms with van der Waals surface area (Å²) in [5.41, 5.74) is 6.08. The second-order valence-corrected chi connectivity index (χ2v) is 9.82. The Morgan fingerprint density at radius 1 is 0.610 bits per heavy atom. The van der Waals surface area contributed by atoms with Gasteiger partial charge >= 0.3 is 0 Å². The monoisotopic (exact) mass is 529 g/mol. The summed E-state index contributed by atoms with van der Waals surface area (Å²) in [7, 11) is 0. The van der Waals surface area contributed by atoms with Gasteiger partial charge < -0.3 is 0 Å². The molecule has 0 saturated carbocycles. The molecule has 0 bridgehead atoms. The van der Waals surface area contributed by atoms with E-state index in [1.807, 2.05) is 102 Å². The van der Waals surface area contributed by atoms with Crippen LogP contribution in [0.15, 0.2) is 146 Å². The fourth-order valence-corrected chi connectivity index (χ4v) is 5.47. The first-order valence-corrected chi connectivity index (χ1v) is 13.5. The number of aryl methyl sites for hydroxylation is 1. The third-order valence-electron chi connectivity index (χ3n) is 7.35. The highest BCUT2D eigenvalue weighted by Crippen LogP contribution is 2.42. The maximum atomic E-state index is 10.8. The number of tetrazole rings is 1. The SMILES string of the molecule is Cc1ccc(C(=C(C#N)c2nnnn2C(c2ccccc2)(c2ccccc2)c2ccccc2)c2ccccc2)cc1. The van der Waals surface area contributed by atoms with Gasteiger partial charge in [-0.25, -0.2) is 4.68 Å². The Labute approximate surface area is 239 Å². The van der Waals surface area contributed by atoms with E-state index in [-0.39, 0.29) is 0 Å². The van der Waals surface area contributed by atoms with Gasteiger partial charge in [-0.3, -0.25) is 0 Å². The van der Waals surface area contributed by atoms with Crippen molar-refractivity contribution in [2.24, 2.45) is 0 Å². The van der Waals surface area contributed by atoms with Crippen LogP contribution in [-0.4, -0.2) is 20.2 Å². The van der Waals surface area contributed by atoms with Crippen molar-refractivity contribution in [3.8, 4) is 6.07 Å². The first kappa shape index (κ1) is 25.7. The van der Waals surface area contributed by atoms with Crippen LogP contribution >= 0.6 is 0 Å². The summed E-state index contributed by atoms with van der Waals surface area (Å²) >= 11 is 0. The van der Waals surface area contributed by atoms with Crippen molar-refractivity contribution in [1.82, 2.24) is 20.2 Å². The molecule has 0 amide bonds. The van der Waals surface area contributed by atoms with E-state index in [4.69, 9.17) is 0 Å². The Bertz CT molecular complexity index is 1720. The minimum absolute atomic E-state index is 0.378. The van der Waals surface area contributed by atoms with Crippen LogP contribution in [-0.2, 0) is 5.54 Å². The predicted molar refractivity (Wildman–Crippen MR) is 162 cm³/mol. The molecule has 1 heterocycles. The third kappa shape index (κ3) is 4.62.